The van der Waals surface area contributed by atoms with Crippen LogP contribution in [0.25, 0.3) is 0 Å². The Bertz CT molecular complexity index is 499. The van der Waals surface area contributed by atoms with Crippen molar-refractivity contribution >= 4 is 0 Å². The van der Waals surface area contributed by atoms with Crippen molar-refractivity contribution in [3.63, 3.8) is 0 Å². The lowest BCUT2D eigenvalue weighted by Gasteiger charge is -2.31. The Morgan fingerprint density at radius 3 is 2.56 bits per heavy atom. The normalized spacial score (nSPS) is 16.2. The summed E-state index contributed by atoms with van der Waals surface area (Å²) in [5.41, 5.74) is -1.11. The Balaban J connectivity index is 2.34. The Kier molecular flexibility index (Phi) is 3.40. The van der Waals surface area contributed by atoms with Crippen LogP contribution in [0.4, 0.5) is 4.39 Å². The summed E-state index contributed by atoms with van der Waals surface area (Å²) in [6.07, 6.45) is 1.75. The third kappa shape index (κ3) is 2.39. The summed E-state index contributed by atoms with van der Waals surface area (Å²) in [6, 6.07) is 5.37. The summed E-state index contributed by atoms with van der Waals surface area (Å²) in [6.45, 7) is 1.51. The average Bonchev–Trinajstić information content (AvgIpc) is 2.82. The quantitative estimate of drug-likeness (QED) is 0.838. The number of aliphatic hydroxyl groups is 2. The van der Waals surface area contributed by atoms with Crippen LogP contribution in [0.5, 0.6) is 0 Å². The molecule has 0 bridgehead atoms. The second-order valence-electron chi connectivity index (χ2n) is 4.20. The number of nitrogens with zero attached hydrogens (tertiary/aromatic N) is 3. The van der Waals surface area contributed by atoms with Gasteiger partial charge in [-0.05, 0) is 24.6 Å². The monoisotopic (exact) mass is 251 g/mol. The highest BCUT2D eigenvalue weighted by molar-refractivity contribution is 5.24. The second-order valence-corrected chi connectivity index (χ2v) is 4.20. The fraction of sp³-hybridized carbons (Fsp3) is 0.333. The smallest absolute Gasteiger partial charge is 0.137 e. The van der Waals surface area contributed by atoms with Gasteiger partial charge in [0.1, 0.15) is 24.1 Å². The zero-order valence-corrected chi connectivity index (χ0v) is 9.86. The second kappa shape index (κ2) is 4.83. The number of hydrogen-bond acceptors (Lipinski definition) is 4. The molecule has 0 amide bonds. The van der Waals surface area contributed by atoms with Gasteiger partial charge in [-0.3, -0.25) is 0 Å². The topological polar surface area (TPSA) is 71.2 Å². The number of halogens is 1. The molecule has 0 aliphatic heterocycles. The van der Waals surface area contributed by atoms with Crippen molar-refractivity contribution in [2.75, 3.05) is 0 Å². The summed E-state index contributed by atoms with van der Waals surface area (Å²) in [4.78, 5) is 3.77. The Morgan fingerprint density at radius 2 is 2.06 bits per heavy atom. The highest BCUT2D eigenvalue weighted by atomic mass is 19.1. The molecule has 1 aromatic heterocycles. The lowest BCUT2D eigenvalue weighted by atomic mass is 9.89. The first-order valence-corrected chi connectivity index (χ1v) is 5.51. The lowest BCUT2D eigenvalue weighted by Crippen LogP contribution is -2.41. The van der Waals surface area contributed by atoms with Gasteiger partial charge in [-0.1, -0.05) is 12.1 Å². The maximum atomic E-state index is 12.9. The fourth-order valence-corrected chi connectivity index (χ4v) is 1.76. The maximum absolute atomic E-state index is 12.9. The molecule has 0 aliphatic carbocycles. The molecule has 0 saturated heterocycles. The van der Waals surface area contributed by atoms with Crippen molar-refractivity contribution in [2.24, 2.45) is 0 Å². The molecule has 0 aliphatic rings. The van der Waals surface area contributed by atoms with Gasteiger partial charge in [-0.15, -0.1) is 0 Å². The minimum Gasteiger partial charge on any atom is -0.390 e. The number of rotatable bonds is 4. The van der Waals surface area contributed by atoms with Gasteiger partial charge < -0.3 is 10.2 Å². The van der Waals surface area contributed by atoms with Gasteiger partial charge in [-0.25, -0.2) is 14.1 Å². The number of aromatic nitrogens is 3. The molecule has 96 valence electrons. The van der Waals surface area contributed by atoms with Crippen molar-refractivity contribution in [1.82, 2.24) is 14.8 Å². The fourth-order valence-electron chi connectivity index (χ4n) is 1.76. The Morgan fingerprint density at radius 1 is 1.39 bits per heavy atom. The summed E-state index contributed by atoms with van der Waals surface area (Å²) in [5.74, 6) is -0.396. The molecular formula is C12H14FN3O2. The van der Waals surface area contributed by atoms with Gasteiger partial charge in [0, 0.05) is 0 Å². The minimum absolute atomic E-state index is 0.0380. The lowest BCUT2D eigenvalue weighted by molar-refractivity contribution is -0.0852. The van der Waals surface area contributed by atoms with Gasteiger partial charge in [0.05, 0.1) is 12.6 Å². The first kappa shape index (κ1) is 12.7. The van der Waals surface area contributed by atoms with Gasteiger partial charge >= 0.3 is 0 Å². The van der Waals surface area contributed by atoms with Crippen LogP contribution in [0.3, 0.4) is 0 Å². The van der Waals surface area contributed by atoms with E-state index in [-0.39, 0.29) is 6.54 Å². The molecule has 1 aromatic carbocycles. The Labute approximate surface area is 104 Å². The summed E-state index contributed by atoms with van der Waals surface area (Å²) >= 11 is 0. The predicted molar refractivity (Wildman–Crippen MR) is 62.0 cm³/mol. The van der Waals surface area contributed by atoms with E-state index < -0.39 is 17.5 Å². The van der Waals surface area contributed by atoms with Crippen molar-refractivity contribution in [1.29, 1.82) is 0 Å². The standard InChI is InChI=1S/C12H14FN3O2/c1-9(17)12(18,6-16-8-14-7-15-16)10-2-4-11(13)5-3-10/h2-5,7-9,17-18H,6H2,1H3/t9-,12-/m1/s1. The zero-order chi connectivity index (χ0) is 13.2. The van der Waals surface area contributed by atoms with E-state index in [4.69, 9.17) is 0 Å². The largest absolute Gasteiger partial charge is 0.390 e. The molecule has 6 heteroatoms. The van der Waals surface area contributed by atoms with E-state index in [1.807, 2.05) is 0 Å². The van der Waals surface area contributed by atoms with Crippen LogP contribution in [0.1, 0.15) is 12.5 Å². The molecule has 0 radical (unpaired) electrons. The molecule has 0 spiro atoms. The van der Waals surface area contributed by atoms with Crippen molar-refractivity contribution in [2.45, 2.75) is 25.2 Å². The van der Waals surface area contributed by atoms with Crippen LogP contribution >= 0.6 is 0 Å². The van der Waals surface area contributed by atoms with Crippen molar-refractivity contribution < 1.29 is 14.6 Å². The van der Waals surface area contributed by atoms with E-state index in [0.29, 0.717) is 5.56 Å². The van der Waals surface area contributed by atoms with Crippen LogP contribution in [0, 0.1) is 5.82 Å². The van der Waals surface area contributed by atoms with Crippen LogP contribution in [0.15, 0.2) is 36.9 Å². The third-order valence-corrected chi connectivity index (χ3v) is 2.90. The van der Waals surface area contributed by atoms with E-state index in [2.05, 4.69) is 10.1 Å². The van der Waals surface area contributed by atoms with Crippen LogP contribution in [-0.4, -0.2) is 31.1 Å². The molecule has 2 atom stereocenters. The van der Waals surface area contributed by atoms with E-state index >= 15 is 0 Å². The molecule has 5 nitrogen and oxygen atoms in total. The summed E-state index contributed by atoms with van der Waals surface area (Å²) < 4.78 is 14.3. The van der Waals surface area contributed by atoms with Crippen molar-refractivity contribution in [3.8, 4) is 0 Å². The minimum atomic E-state index is -1.54. The first-order chi connectivity index (χ1) is 8.52. The first-order valence-electron chi connectivity index (χ1n) is 5.51. The molecule has 0 saturated carbocycles. The molecule has 1 heterocycles. The van der Waals surface area contributed by atoms with E-state index in [1.165, 1.54) is 48.5 Å². The van der Waals surface area contributed by atoms with Crippen LogP contribution in [0.2, 0.25) is 0 Å². The molecule has 2 aromatic rings. The summed E-state index contributed by atoms with van der Waals surface area (Å²) in [7, 11) is 0. The van der Waals surface area contributed by atoms with Gasteiger partial charge in [0.25, 0.3) is 0 Å². The average molecular weight is 251 g/mol. The molecule has 0 unspecified atom stereocenters. The molecule has 2 N–H and O–H groups in total. The number of aliphatic hydroxyl groups excluding tert-OH is 1. The van der Waals surface area contributed by atoms with Gasteiger partial charge in [-0.2, -0.15) is 5.10 Å². The molecule has 0 fully saturated rings. The van der Waals surface area contributed by atoms with E-state index in [0.717, 1.165) is 0 Å². The van der Waals surface area contributed by atoms with E-state index in [1.54, 1.807) is 0 Å². The highest BCUT2D eigenvalue weighted by Crippen LogP contribution is 2.27. The van der Waals surface area contributed by atoms with Crippen LogP contribution < -0.4 is 0 Å². The predicted octanol–water partition coefficient (Wildman–Crippen LogP) is 0.686. The van der Waals surface area contributed by atoms with Crippen molar-refractivity contribution in [3.05, 3.63) is 48.3 Å². The highest BCUT2D eigenvalue weighted by Gasteiger charge is 2.35. The SMILES string of the molecule is C[C@@H](O)[C@](O)(Cn1cncn1)c1ccc(F)cc1. The van der Waals surface area contributed by atoms with E-state index in [9.17, 15) is 14.6 Å². The number of hydrogen-bond donors (Lipinski definition) is 2. The Hall–Kier alpha value is -1.79. The molecular weight excluding hydrogens is 237 g/mol. The number of benzene rings is 1. The maximum Gasteiger partial charge on any atom is 0.137 e. The van der Waals surface area contributed by atoms with Gasteiger partial charge in [0.15, 0.2) is 0 Å². The summed E-state index contributed by atoms with van der Waals surface area (Å²) in [5, 5.41) is 24.2. The zero-order valence-electron chi connectivity index (χ0n) is 9.86. The van der Waals surface area contributed by atoms with Crippen LogP contribution in [-0.2, 0) is 12.1 Å². The molecule has 18 heavy (non-hydrogen) atoms. The third-order valence-electron chi connectivity index (χ3n) is 2.90. The van der Waals surface area contributed by atoms with Gasteiger partial charge in [0.2, 0.25) is 0 Å². The molecule has 2 rings (SSSR count).